The Morgan fingerprint density at radius 3 is 2.62 bits per heavy atom. The molecule has 1 saturated heterocycles. The number of hydrogen-bond donors (Lipinski definition) is 1. The highest BCUT2D eigenvalue weighted by atomic mass is 15.2. The van der Waals surface area contributed by atoms with Gasteiger partial charge in [-0.3, -0.25) is 0 Å². The summed E-state index contributed by atoms with van der Waals surface area (Å²) >= 11 is 0. The predicted octanol–water partition coefficient (Wildman–Crippen LogP) is 2.49. The van der Waals surface area contributed by atoms with Gasteiger partial charge in [-0.05, 0) is 51.1 Å². The van der Waals surface area contributed by atoms with E-state index >= 15 is 0 Å². The lowest BCUT2D eigenvalue weighted by Crippen LogP contribution is -2.36. The van der Waals surface area contributed by atoms with Gasteiger partial charge in [0.05, 0.1) is 0 Å². The predicted molar refractivity (Wildman–Crippen MR) is 69.6 cm³/mol. The van der Waals surface area contributed by atoms with Crippen molar-refractivity contribution in [3.63, 3.8) is 0 Å². The Hall–Kier alpha value is -0.0800. The van der Waals surface area contributed by atoms with Crippen LogP contribution in [0.3, 0.4) is 0 Å². The van der Waals surface area contributed by atoms with Crippen molar-refractivity contribution in [3.05, 3.63) is 0 Å². The van der Waals surface area contributed by atoms with Gasteiger partial charge in [0.15, 0.2) is 0 Å². The largest absolute Gasteiger partial charge is 0.314 e. The van der Waals surface area contributed by atoms with E-state index in [-0.39, 0.29) is 0 Å². The SMILES string of the molecule is CCC(C)C(C)NCC1CCN(C2CC2)C1. The van der Waals surface area contributed by atoms with Gasteiger partial charge in [0.2, 0.25) is 0 Å². The van der Waals surface area contributed by atoms with E-state index in [2.05, 4.69) is 31.0 Å². The van der Waals surface area contributed by atoms with Crippen LogP contribution in [0, 0.1) is 11.8 Å². The van der Waals surface area contributed by atoms with E-state index in [9.17, 15) is 0 Å². The monoisotopic (exact) mass is 224 g/mol. The molecule has 2 aliphatic rings. The van der Waals surface area contributed by atoms with Crippen LogP contribution >= 0.6 is 0 Å². The Balaban J connectivity index is 1.63. The van der Waals surface area contributed by atoms with Crippen molar-refractivity contribution < 1.29 is 0 Å². The number of nitrogens with one attached hydrogen (secondary N) is 1. The highest BCUT2D eigenvalue weighted by molar-refractivity contribution is 4.90. The van der Waals surface area contributed by atoms with Gasteiger partial charge in [0.1, 0.15) is 0 Å². The quantitative estimate of drug-likeness (QED) is 0.746. The molecule has 2 nitrogen and oxygen atoms in total. The van der Waals surface area contributed by atoms with Crippen molar-refractivity contribution in [3.8, 4) is 0 Å². The van der Waals surface area contributed by atoms with Crippen LogP contribution in [0.5, 0.6) is 0 Å². The van der Waals surface area contributed by atoms with Gasteiger partial charge in [-0.2, -0.15) is 0 Å². The maximum Gasteiger partial charge on any atom is 0.00965 e. The number of hydrogen-bond acceptors (Lipinski definition) is 2. The molecule has 1 heterocycles. The average Bonchev–Trinajstić information content (AvgIpc) is 3.05. The van der Waals surface area contributed by atoms with Crippen molar-refractivity contribution in [1.82, 2.24) is 10.2 Å². The molecule has 1 saturated carbocycles. The molecule has 1 aliphatic heterocycles. The molecule has 2 heteroatoms. The van der Waals surface area contributed by atoms with Crippen LogP contribution in [0.15, 0.2) is 0 Å². The first-order valence-electron chi connectivity index (χ1n) is 7.18. The number of rotatable bonds is 6. The Morgan fingerprint density at radius 1 is 1.25 bits per heavy atom. The molecule has 0 amide bonds. The van der Waals surface area contributed by atoms with Crippen molar-refractivity contribution >= 4 is 0 Å². The topological polar surface area (TPSA) is 15.3 Å². The zero-order valence-corrected chi connectivity index (χ0v) is 11.2. The minimum absolute atomic E-state index is 0.681. The molecule has 0 aromatic carbocycles. The molecular weight excluding hydrogens is 196 g/mol. The van der Waals surface area contributed by atoms with E-state index in [4.69, 9.17) is 0 Å². The van der Waals surface area contributed by atoms with E-state index in [1.54, 1.807) is 0 Å². The molecule has 1 N–H and O–H groups in total. The number of nitrogens with zero attached hydrogens (tertiary/aromatic N) is 1. The molecule has 0 spiro atoms. The highest BCUT2D eigenvalue weighted by Gasteiger charge is 2.34. The summed E-state index contributed by atoms with van der Waals surface area (Å²) in [6.45, 7) is 10.9. The number of likely N-dealkylation sites (tertiary alicyclic amines) is 1. The average molecular weight is 224 g/mol. The van der Waals surface area contributed by atoms with E-state index in [1.807, 2.05) is 0 Å². The summed E-state index contributed by atoms with van der Waals surface area (Å²) in [6.07, 6.45) is 5.62. The van der Waals surface area contributed by atoms with Crippen molar-refractivity contribution in [2.75, 3.05) is 19.6 Å². The molecular formula is C14H28N2. The maximum atomic E-state index is 3.73. The van der Waals surface area contributed by atoms with Crippen molar-refractivity contribution in [2.45, 2.75) is 58.5 Å². The molecule has 94 valence electrons. The van der Waals surface area contributed by atoms with Gasteiger partial charge in [0.25, 0.3) is 0 Å². The van der Waals surface area contributed by atoms with Crippen LogP contribution in [0.4, 0.5) is 0 Å². The van der Waals surface area contributed by atoms with E-state index in [0.29, 0.717) is 6.04 Å². The third-order valence-electron chi connectivity index (χ3n) is 4.61. The fourth-order valence-corrected chi connectivity index (χ4v) is 2.71. The Kier molecular flexibility index (Phi) is 4.26. The van der Waals surface area contributed by atoms with Gasteiger partial charge in [-0.15, -0.1) is 0 Å². The lowest BCUT2D eigenvalue weighted by Gasteiger charge is -2.22. The molecule has 16 heavy (non-hydrogen) atoms. The molecule has 2 rings (SSSR count). The summed E-state index contributed by atoms with van der Waals surface area (Å²) < 4.78 is 0. The lowest BCUT2D eigenvalue weighted by molar-refractivity contribution is 0.303. The van der Waals surface area contributed by atoms with Crippen LogP contribution in [-0.2, 0) is 0 Å². The molecule has 2 fully saturated rings. The van der Waals surface area contributed by atoms with E-state index in [0.717, 1.165) is 17.9 Å². The van der Waals surface area contributed by atoms with Crippen molar-refractivity contribution in [2.24, 2.45) is 11.8 Å². The highest BCUT2D eigenvalue weighted by Crippen LogP contribution is 2.31. The first kappa shape index (κ1) is 12.4. The fourth-order valence-electron chi connectivity index (χ4n) is 2.71. The summed E-state index contributed by atoms with van der Waals surface area (Å²) in [6, 6.07) is 1.65. The Bertz CT molecular complexity index is 213. The molecule has 3 atom stereocenters. The Morgan fingerprint density at radius 2 is 2.00 bits per heavy atom. The summed E-state index contributed by atoms with van der Waals surface area (Å²) in [5.41, 5.74) is 0. The molecule has 0 aromatic heterocycles. The summed E-state index contributed by atoms with van der Waals surface area (Å²) in [7, 11) is 0. The second kappa shape index (κ2) is 5.50. The first-order valence-corrected chi connectivity index (χ1v) is 7.18. The standard InChI is InChI=1S/C14H28N2/c1-4-11(2)12(3)15-9-13-7-8-16(10-13)14-5-6-14/h11-15H,4-10H2,1-3H3. The minimum atomic E-state index is 0.681. The van der Waals surface area contributed by atoms with Gasteiger partial charge < -0.3 is 10.2 Å². The molecule has 1 aliphatic carbocycles. The summed E-state index contributed by atoms with van der Waals surface area (Å²) in [5, 5.41) is 3.73. The molecule has 3 unspecified atom stereocenters. The fraction of sp³-hybridized carbons (Fsp3) is 1.00. The molecule has 0 bridgehead atoms. The van der Waals surface area contributed by atoms with Gasteiger partial charge in [0, 0.05) is 18.6 Å². The summed E-state index contributed by atoms with van der Waals surface area (Å²) in [4.78, 5) is 2.71. The third-order valence-corrected chi connectivity index (χ3v) is 4.61. The first-order chi connectivity index (χ1) is 7.70. The lowest BCUT2D eigenvalue weighted by atomic mass is 10.00. The van der Waals surface area contributed by atoms with Crippen molar-refractivity contribution in [1.29, 1.82) is 0 Å². The van der Waals surface area contributed by atoms with Crippen LogP contribution in [-0.4, -0.2) is 36.6 Å². The zero-order valence-electron chi connectivity index (χ0n) is 11.2. The van der Waals surface area contributed by atoms with Crippen LogP contribution in [0.25, 0.3) is 0 Å². The van der Waals surface area contributed by atoms with E-state index < -0.39 is 0 Å². The molecule has 0 radical (unpaired) electrons. The molecule has 0 aromatic rings. The van der Waals surface area contributed by atoms with Crippen LogP contribution in [0.1, 0.15) is 46.5 Å². The van der Waals surface area contributed by atoms with Crippen LogP contribution < -0.4 is 5.32 Å². The minimum Gasteiger partial charge on any atom is -0.314 e. The smallest absolute Gasteiger partial charge is 0.00965 e. The third kappa shape index (κ3) is 3.21. The van der Waals surface area contributed by atoms with Gasteiger partial charge in [-0.1, -0.05) is 20.3 Å². The van der Waals surface area contributed by atoms with E-state index in [1.165, 1.54) is 45.3 Å². The van der Waals surface area contributed by atoms with Crippen LogP contribution in [0.2, 0.25) is 0 Å². The Labute approximate surface area is 101 Å². The second-order valence-electron chi connectivity index (χ2n) is 5.96. The normalized spacial score (nSPS) is 30.6. The van der Waals surface area contributed by atoms with Gasteiger partial charge in [-0.25, -0.2) is 0 Å². The maximum absolute atomic E-state index is 3.73. The van der Waals surface area contributed by atoms with Gasteiger partial charge >= 0.3 is 0 Å². The summed E-state index contributed by atoms with van der Waals surface area (Å²) in [5.74, 6) is 1.72. The zero-order chi connectivity index (χ0) is 11.5. The second-order valence-corrected chi connectivity index (χ2v) is 5.96.